The van der Waals surface area contributed by atoms with Crippen molar-refractivity contribution in [3.05, 3.63) is 16.0 Å². The highest BCUT2D eigenvalue weighted by Crippen LogP contribution is 2.38. The van der Waals surface area contributed by atoms with Gasteiger partial charge in [-0.25, -0.2) is 4.79 Å². The Morgan fingerprint density at radius 2 is 1.97 bits per heavy atom. The highest BCUT2D eigenvalue weighted by atomic mass is 79.9. The van der Waals surface area contributed by atoms with E-state index in [0.717, 1.165) is 35.9 Å². The van der Waals surface area contributed by atoms with Crippen LogP contribution in [-0.2, 0) is 27.3 Å². The molecule has 0 spiro atoms. The van der Waals surface area contributed by atoms with Gasteiger partial charge in [0.05, 0.1) is 18.7 Å². The number of esters is 1. The van der Waals surface area contributed by atoms with Gasteiger partial charge in [0, 0.05) is 23.2 Å². The maximum Gasteiger partial charge on any atom is 0.471 e. The van der Waals surface area contributed by atoms with Gasteiger partial charge in [0.2, 0.25) is 5.91 Å². The highest BCUT2D eigenvalue weighted by molar-refractivity contribution is 9.09. The predicted molar refractivity (Wildman–Crippen MR) is 106 cm³/mol. The number of ether oxygens (including phenoxy) is 1. The number of rotatable bonds is 8. The van der Waals surface area contributed by atoms with Crippen molar-refractivity contribution in [3.63, 3.8) is 0 Å². The molecule has 162 valence electrons. The maximum atomic E-state index is 12.7. The van der Waals surface area contributed by atoms with Crippen molar-refractivity contribution >= 4 is 50.1 Å². The summed E-state index contributed by atoms with van der Waals surface area (Å²) < 4.78 is 42.9. The van der Waals surface area contributed by atoms with E-state index in [2.05, 4.69) is 15.9 Å². The van der Waals surface area contributed by atoms with E-state index in [0.29, 0.717) is 29.8 Å². The van der Waals surface area contributed by atoms with Crippen LogP contribution in [0.5, 0.6) is 0 Å². The number of carbonyl (C=O) groups is 3. The van der Waals surface area contributed by atoms with Crippen LogP contribution < -0.4 is 5.32 Å². The third kappa shape index (κ3) is 6.18. The molecule has 29 heavy (non-hydrogen) atoms. The van der Waals surface area contributed by atoms with Gasteiger partial charge in [-0.2, -0.15) is 13.2 Å². The van der Waals surface area contributed by atoms with Crippen molar-refractivity contribution in [1.29, 1.82) is 0 Å². The van der Waals surface area contributed by atoms with Crippen molar-refractivity contribution < 1.29 is 32.3 Å². The van der Waals surface area contributed by atoms with E-state index in [-0.39, 0.29) is 29.6 Å². The molecular formula is C18H22BrF3N2O4S. The fourth-order valence-corrected chi connectivity index (χ4v) is 4.65. The van der Waals surface area contributed by atoms with Gasteiger partial charge in [-0.3, -0.25) is 9.59 Å². The van der Waals surface area contributed by atoms with Gasteiger partial charge in [0.1, 0.15) is 5.00 Å². The predicted octanol–water partition coefficient (Wildman–Crippen LogP) is 4.27. The lowest BCUT2D eigenvalue weighted by atomic mass is 10.0. The summed E-state index contributed by atoms with van der Waals surface area (Å²) in [5.74, 6) is -2.96. The molecule has 2 rings (SSSR count). The molecular weight excluding hydrogens is 477 g/mol. The first kappa shape index (κ1) is 23.7. The zero-order chi connectivity index (χ0) is 21.6. The van der Waals surface area contributed by atoms with Gasteiger partial charge in [-0.15, -0.1) is 11.3 Å². The maximum absolute atomic E-state index is 12.7. The number of hydrogen-bond donors (Lipinski definition) is 1. The Labute approximate surface area is 178 Å². The van der Waals surface area contributed by atoms with Crippen molar-refractivity contribution in [2.45, 2.75) is 51.7 Å². The lowest BCUT2D eigenvalue weighted by Gasteiger charge is -2.27. The molecule has 1 aromatic rings. The Bertz CT molecular complexity index is 767. The first-order valence-electron chi connectivity index (χ1n) is 9.22. The molecule has 0 saturated heterocycles. The number of fused-ring (bicyclic) bond motifs is 1. The Kier molecular flexibility index (Phi) is 8.50. The molecule has 1 aliphatic heterocycles. The lowest BCUT2D eigenvalue weighted by Crippen LogP contribution is -2.35. The van der Waals surface area contributed by atoms with E-state index in [1.54, 1.807) is 17.1 Å². The minimum absolute atomic E-state index is 0.0304. The summed E-state index contributed by atoms with van der Waals surface area (Å²) in [5.41, 5.74) is 0.489. The van der Waals surface area contributed by atoms with E-state index >= 15 is 0 Å². The zero-order valence-electron chi connectivity index (χ0n) is 15.9. The molecule has 6 nitrogen and oxygen atoms in total. The Hall–Kier alpha value is -1.62. The van der Waals surface area contributed by atoms with Crippen molar-refractivity contribution in [2.24, 2.45) is 0 Å². The quantitative estimate of drug-likeness (QED) is 0.330. The number of anilines is 1. The summed E-state index contributed by atoms with van der Waals surface area (Å²) in [6.07, 6.45) is -1.69. The molecule has 0 fully saturated rings. The third-order valence-corrected chi connectivity index (χ3v) is 6.09. The molecule has 0 aliphatic carbocycles. The molecule has 11 heteroatoms. The average molecular weight is 499 g/mol. The highest BCUT2D eigenvalue weighted by Gasteiger charge is 2.40. The molecule has 0 unspecified atom stereocenters. The molecule has 0 radical (unpaired) electrons. The Morgan fingerprint density at radius 3 is 2.59 bits per heavy atom. The van der Waals surface area contributed by atoms with Crippen LogP contribution in [-0.4, -0.2) is 47.3 Å². The summed E-state index contributed by atoms with van der Waals surface area (Å²) in [7, 11) is 0. The minimum atomic E-state index is -5.08. The summed E-state index contributed by atoms with van der Waals surface area (Å²) in [4.78, 5) is 38.3. The zero-order valence-corrected chi connectivity index (χ0v) is 18.3. The molecule has 1 aromatic heterocycles. The fraction of sp³-hybridized carbons (Fsp3) is 0.611. The number of nitrogens with zero attached hydrogens (tertiary/aromatic N) is 1. The first-order chi connectivity index (χ1) is 13.7. The molecule has 1 aliphatic rings. The normalized spacial score (nSPS) is 13.8. The van der Waals surface area contributed by atoms with E-state index < -0.39 is 18.1 Å². The number of hydrogen-bond acceptors (Lipinski definition) is 5. The van der Waals surface area contributed by atoms with Crippen LogP contribution >= 0.6 is 27.3 Å². The largest absolute Gasteiger partial charge is 0.471 e. The van der Waals surface area contributed by atoms with Gasteiger partial charge in [-0.05, 0) is 31.7 Å². The second-order valence-corrected chi connectivity index (χ2v) is 8.34. The van der Waals surface area contributed by atoms with Gasteiger partial charge >= 0.3 is 18.1 Å². The lowest BCUT2D eigenvalue weighted by molar-refractivity contribution is -0.167. The van der Waals surface area contributed by atoms with Crippen LogP contribution in [0.15, 0.2) is 0 Å². The van der Waals surface area contributed by atoms with Crippen LogP contribution in [0.4, 0.5) is 18.2 Å². The van der Waals surface area contributed by atoms with Crippen molar-refractivity contribution in [1.82, 2.24) is 4.90 Å². The van der Waals surface area contributed by atoms with Crippen molar-refractivity contribution in [3.8, 4) is 0 Å². The standard InChI is InChI=1S/C18H22BrF3N2O4S/c1-2-28-16(26)14-11-7-9-24(13(25)6-4-3-5-8-19)10-12(11)29-15(14)23-17(27)18(20,21)22/h2-10H2,1H3,(H,23,27). The molecule has 1 N–H and O–H groups in total. The monoisotopic (exact) mass is 498 g/mol. The number of halogens is 4. The van der Waals surface area contributed by atoms with Gasteiger partial charge in [0.25, 0.3) is 0 Å². The Morgan fingerprint density at radius 1 is 1.24 bits per heavy atom. The van der Waals surface area contributed by atoms with Crippen LogP contribution in [0.2, 0.25) is 0 Å². The first-order valence-corrected chi connectivity index (χ1v) is 11.2. The number of amides is 2. The van der Waals surface area contributed by atoms with Gasteiger partial charge < -0.3 is 15.0 Å². The smallest absolute Gasteiger partial charge is 0.462 e. The van der Waals surface area contributed by atoms with E-state index in [1.807, 2.05) is 0 Å². The van der Waals surface area contributed by atoms with Gasteiger partial charge in [0.15, 0.2) is 0 Å². The molecule has 0 bridgehead atoms. The second-order valence-electron chi connectivity index (χ2n) is 6.45. The number of nitrogens with one attached hydrogen (secondary N) is 1. The van der Waals surface area contributed by atoms with Crippen LogP contribution in [0, 0.1) is 0 Å². The molecule has 2 heterocycles. The van der Waals surface area contributed by atoms with Crippen LogP contribution in [0.25, 0.3) is 0 Å². The molecule has 2 amide bonds. The fourth-order valence-electron chi connectivity index (χ4n) is 3.00. The third-order valence-electron chi connectivity index (χ3n) is 4.40. The summed E-state index contributed by atoms with van der Waals surface area (Å²) in [5, 5.41) is 2.47. The average Bonchev–Trinajstić information content (AvgIpc) is 3.01. The molecule has 0 saturated carbocycles. The van der Waals surface area contributed by atoms with E-state index in [4.69, 9.17) is 4.74 Å². The Balaban J connectivity index is 2.20. The minimum Gasteiger partial charge on any atom is -0.462 e. The van der Waals surface area contributed by atoms with E-state index in [1.165, 1.54) is 0 Å². The molecule has 0 aromatic carbocycles. The summed E-state index contributed by atoms with van der Waals surface area (Å²) >= 11 is 4.22. The second kappa shape index (κ2) is 10.4. The number of unbranched alkanes of at least 4 members (excludes halogenated alkanes) is 2. The number of thiophene rings is 1. The number of carbonyl (C=O) groups excluding carboxylic acids is 3. The summed E-state index contributed by atoms with van der Waals surface area (Å²) in [6, 6.07) is 0. The molecule has 0 atom stereocenters. The van der Waals surface area contributed by atoms with Crippen LogP contribution in [0.1, 0.15) is 53.4 Å². The van der Waals surface area contributed by atoms with Crippen molar-refractivity contribution in [2.75, 3.05) is 23.8 Å². The van der Waals surface area contributed by atoms with Crippen LogP contribution in [0.3, 0.4) is 0 Å². The SMILES string of the molecule is CCOC(=O)c1c(NC(=O)C(F)(F)F)sc2c1CCN(C(=O)CCCCCBr)C2. The number of alkyl halides is 4. The summed E-state index contributed by atoms with van der Waals surface area (Å²) in [6.45, 7) is 2.20. The van der Waals surface area contributed by atoms with E-state index in [9.17, 15) is 27.6 Å². The van der Waals surface area contributed by atoms with Gasteiger partial charge in [-0.1, -0.05) is 22.4 Å². The topological polar surface area (TPSA) is 75.7 Å².